The molecule has 0 heterocycles. The van der Waals surface area contributed by atoms with Crippen molar-refractivity contribution in [1.82, 2.24) is 5.32 Å². The van der Waals surface area contributed by atoms with Gasteiger partial charge in [-0.25, -0.2) is 0 Å². The first kappa shape index (κ1) is 24.2. The molecule has 29 heavy (non-hydrogen) atoms. The highest BCUT2D eigenvalue weighted by atomic mass is 28.3. The van der Waals surface area contributed by atoms with Gasteiger partial charge in [-0.15, -0.1) is 0 Å². The molecule has 11 heteroatoms. The van der Waals surface area contributed by atoms with Crippen molar-refractivity contribution in [2.75, 3.05) is 13.2 Å². The van der Waals surface area contributed by atoms with Crippen LogP contribution in [-0.2, 0) is 9.53 Å². The van der Waals surface area contributed by atoms with Crippen molar-refractivity contribution in [3.05, 3.63) is 44.0 Å². The first-order valence-corrected chi connectivity index (χ1v) is 13.1. The van der Waals surface area contributed by atoms with E-state index in [-0.39, 0.29) is 11.5 Å². The van der Waals surface area contributed by atoms with E-state index in [0.717, 1.165) is 24.2 Å². The number of ether oxygens (including phenoxy) is 1. The van der Waals surface area contributed by atoms with E-state index in [0.29, 0.717) is 38.8 Å². The number of nitro benzene ring substituents is 2. The maximum atomic E-state index is 12.1. The molecular weight excluding hydrogens is 398 g/mol. The topological polar surface area (TPSA) is 142 Å². The van der Waals surface area contributed by atoms with Gasteiger partial charge in [0.1, 0.15) is 0 Å². The fourth-order valence-corrected chi connectivity index (χ4v) is 3.07. The number of carbonyl (C=O) groups is 2. The second kappa shape index (κ2) is 11.2. The van der Waals surface area contributed by atoms with Crippen LogP contribution in [0.25, 0.3) is 0 Å². The van der Waals surface area contributed by atoms with Crippen molar-refractivity contribution in [3.8, 4) is 0 Å². The van der Waals surface area contributed by atoms with Crippen molar-refractivity contribution < 1.29 is 24.2 Å². The first-order valence-electron chi connectivity index (χ1n) is 9.37. The van der Waals surface area contributed by atoms with Gasteiger partial charge in [0, 0.05) is 33.2 Å². The number of hydrogen-bond donors (Lipinski definition) is 1. The fourth-order valence-electron chi connectivity index (χ4n) is 2.36. The van der Waals surface area contributed by atoms with E-state index in [1.807, 2.05) is 0 Å². The summed E-state index contributed by atoms with van der Waals surface area (Å²) in [6.07, 6.45) is 2.24. The molecule has 1 amide bonds. The summed E-state index contributed by atoms with van der Waals surface area (Å²) in [5, 5.41) is 24.3. The molecule has 1 aromatic rings. The van der Waals surface area contributed by atoms with Gasteiger partial charge in [0.15, 0.2) is 0 Å². The summed E-state index contributed by atoms with van der Waals surface area (Å²) in [4.78, 5) is 43.9. The average Bonchev–Trinajstić information content (AvgIpc) is 2.62. The largest absolute Gasteiger partial charge is 0.466 e. The van der Waals surface area contributed by atoms with E-state index in [1.165, 1.54) is 0 Å². The Bertz CT molecular complexity index is 730. The zero-order chi connectivity index (χ0) is 22.0. The van der Waals surface area contributed by atoms with E-state index in [1.54, 1.807) is 0 Å². The van der Waals surface area contributed by atoms with Gasteiger partial charge in [-0.1, -0.05) is 26.1 Å². The standard InChI is InChI=1S/C18H27N3O7Si/c1-29(2,3)10-9-28-17(22)7-5-4-6-8-19-18(23)14-11-15(20(24)25)13-16(12-14)21(26)27/h11-13H,4-10H2,1-3H3,(H,19,23). The first-order chi connectivity index (χ1) is 13.5. The van der Waals surface area contributed by atoms with Gasteiger partial charge in [0.25, 0.3) is 17.3 Å². The maximum Gasteiger partial charge on any atom is 0.305 e. The molecule has 0 aliphatic heterocycles. The average molecular weight is 426 g/mol. The number of unbranched alkanes of at least 4 members (excludes halogenated alkanes) is 2. The van der Waals surface area contributed by atoms with Crippen LogP contribution in [0, 0.1) is 20.2 Å². The molecule has 0 saturated carbocycles. The molecule has 1 aromatic carbocycles. The van der Waals surface area contributed by atoms with E-state index in [4.69, 9.17) is 4.74 Å². The lowest BCUT2D eigenvalue weighted by atomic mass is 10.1. The van der Waals surface area contributed by atoms with Crippen LogP contribution in [0.3, 0.4) is 0 Å². The Balaban J connectivity index is 2.35. The molecule has 1 N–H and O–H groups in total. The van der Waals surface area contributed by atoms with Gasteiger partial charge in [-0.2, -0.15) is 0 Å². The van der Waals surface area contributed by atoms with Crippen LogP contribution >= 0.6 is 0 Å². The molecule has 0 spiro atoms. The zero-order valence-electron chi connectivity index (χ0n) is 16.9. The van der Waals surface area contributed by atoms with E-state index >= 15 is 0 Å². The molecule has 0 aromatic heterocycles. The van der Waals surface area contributed by atoms with Gasteiger partial charge >= 0.3 is 5.97 Å². The molecule has 0 unspecified atom stereocenters. The number of benzene rings is 1. The smallest absolute Gasteiger partial charge is 0.305 e. The molecule has 10 nitrogen and oxygen atoms in total. The predicted octanol–water partition coefficient (Wildman–Crippen LogP) is 3.67. The molecule has 0 saturated heterocycles. The predicted molar refractivity (Wildman–Crippen MR) is 110 cm³/mol. The molecule has 0 radical (unpaired) electrons. The number of nitrogens with one attached hydrogen (secondary N) is 1. The lowest BCUT2D eigenvalue weighted by molar-refractivity contribution is -0.394. The Morgan fingerprint density at radius 3 is 2.10 bits per heavy atom. The molecular formula is C18H27N3O7Si. The highest BCUT2D eigenvalue weighted by Gasteiger charge is 2.19. The number of nitrogens with zero attached hydrogens (tertiary/aromatic N) is 2. The quantitative estimate of drug-likeness (QED) is 0.177. The summed E-state index contributed by atoms with van der Waals surface area (Å²) in [7, 11) is -1.22. The highest BCUT2D eigenvalue weighted by Crippen LogP contribution is 2.22. The summed E-state index contributed by atoms with van der Waals surface area (Å²) in [6, 6.07) is 3.73. The van der Waals surface area contributed by atoms with Crippen molar-refractivity contribution in [1.29, 1.82) is 0 Å². The van der Waals surface area contributed by atoms with Gasteiger partial charge in [-0.05, 0) is 18.9 Å². The van der Waals surface area contributed by atoms with Crippen LogP contribution in [0.15, 0.2) is 18.2 Å². The van der Waals surface area contributed by atoms with Crippen LogP contribution < -0.4 is 5.32 Å². The Hall–Kier alpha value is -2.82. The highest BCUT2D eigenvalue weighted by molar-refractivity contribution is 6.76. The maximum absolute atomic E-state index is 12.1. The third-order valence-corrected chi connectivity index (χ3v) is 5.75. The number of non-ortho nitro benzene ring substituents is 2. The van der Waals surface area contributed by atoms with Crippen LogP contribution in [0.4, 0.5) is 11.4 Å². The van der Waals surface area contributed by atoms with E-state index in [9.17, 15) is 29.8 Å². The lowest BCUT2D eigenvalue weighted by Crippen LogP contribution is -2.24. The molecule has 0 fully saturated rings. The minimum Gasteiger partial charge on any atom is -0.466 e. The molecule has 0 atom stereocenters. The third kappa shape index (κ3) is 9.79. The van der Waals surface area contributed by atoms with Gasteiger partial charge < -0.3 is 10.1 Å². The molecule has 1 rings (SSSR count). The van der Waals surface area contributed by atoms with Gasteiger partial charge in [0.05, 0.1) is 28.1 Å². The number of rotatable bonds is 12. The minimum atomic E-state index is -1.22. The minimum absolute atomic E-state index is 0.142. The van der Waals surface area contributed by atoms with Crippen molar-refractivity contribution in [3.63, 3.8) is 0 Å². The molecule has 0 bridgehead atoms. The summed E-state index contributed by atoms with van der Waals surface area (Å²) >= 11 is 0. The number of hydrogen-bond acceptors (Lipinski definition) is 7. The van der Waals surface area contributed by atoms with Crippen molar-refractivity contribution in [2.45, 2.75) is 51.4 Å². The van der Waals surface area contributed by atoms with Crippen molar-refractivity contribution >= 4 is 31.3 Å². The fraction of sp³-hybridized carbons (Fsp3) is 0.556. The van der Waals surface area contributed by atoms with Crippen LogP contribution in [-0.4, -0.2) is 42.9 Å². The monoisotopic (exact) mass is 425 g/mol. The second-order valence-electron chi connectivity index (χ2n) is 7.85. The molecule has 0 aliphatic carbocycles. The third-order valence-electron chi connectivity index (χ3n) is 4.04. The Kier molecular flexibility index (Phi) is 9.39. The number of carbonyl (C=O) groups excluding carboxylic acids is 2. The summed E-state index contributed by atoms with van der Waals surface area (Å²) in [5.74, 6) is -0.848. The summed E-state index contributed by atoms with van der Waals surface area (Å²) < 4.78 is 5.20. The summed E-state index contributed by atoms with van der Waals surface area (Å²) in [5.41, 5.74) is -1.18. The van der Waals surface area contributed by atoms with Crippen LogP contribution in [0.1, 0.15) is 36.0 Å². The summed E-state index contributed by atoms with van der Waals surface area (Å²) in [6.45, 7) is 7.38. The lowest BCUT2D eigenvalue weighted by Gasteiger charge is -2.15. The zero-order valence-corrected chi connectivity index (χ0v) is 17.9. The molecule has 160 valence electrons. The van der Waals surface area contributed by atoms with Crippen LogP contribution in [0.2, 0.25) is 25.7 Å². The number of esters is 1. The number of amides is 1. The Labute approximate surface area is 169 Å². The molecule has 0 aliphatic rings. The van der Waals surface area contributed by atoms with Crippen molar-refractivity contribution in [2.24, 2.45) is 0 Å². The van der Waals surface area contributed by atoms with Crippen LogP contribution in [0.5, 0.6) is 0 Å². The Morgan fingerprint density at radius 1 is 1.00 bits per heavy atom. The SMILES string of the molecule is C[Si](C)(C)CCOC(=O)CCCCCNC(=O)c1cc([N+](=O)[O-])cc([N+](=O)[O-])c1. The van der Waals surface area contributed by atoms with E-state index in [2.05, 4.69) is 25.0 Å². The van der Waals surface area contributed by atoms with Gasteiger partial charge in [-0.3, -0.25) is 29.8 Å². The number of nitro groups is 2. The Morgan fingerprint density at radius 2 is 1.59 bits per heavy atom. The van der Waals surface area contributed by atoms with Gasteiger partial charge in [0.2, 0.25) is 0 Å². The normalized spacial score (nSPS) is 11.0. The second-order valence-corrected chi connectivity index (χ2v) is 13.5. The van der Waals surface area contributed by atoms with E-state index < -0.39 is 35.2 Å².